The van der Waals surface area contributed by atoms with E-state index in [0.717, 1.165) is 28.3 Å². The summed E-state index contributed by atoms with van der Waals surface area (Å²) in [5.74, 6) is 1.52. The molecular formula is C22H27N3O4. The Hall–Kier alpha value is -3.22. The quantitative estimate of drug-likeness (QED) is 0.719. The Morgan fingerprint density at radius 2 is 1.93 bits per heavy atom. The Morgan fingerprint density at radius 1 is 1.14 bits per heavy atom. The first-order chi connectivity index (χ1) is 14.0. The summed E-state index contributed by atoms with van der Waals surface area (Å²) in [6, 6.07) is 15.4. The summed E-state index contributed by atoms with van der Waals surface area (Å²) >= 11 is 0. The van der Waals surface area contributed by atoms with Crippen LogP contribution in [0.4, 0.5) is 4.79 Å². The molecule has 0 bridgehead atoms. The van der Waals surface area contributed by atoms with Gasteiger partial charge in [0.1, 0.15) is 11.5 Å². The fraction of sp³-hybridized carbons (Fsp3) is 0.364. The summed E-state index contributed by atoms with van der Waals surface area (Å²) in [6.07, 6.45) is 0.389. The summed E-state index contributed by atoms with van der Waals surface area (Å²) in [4.78, 5) is 21.7. The van der Waals surface area contributed by atoms with Crippen LogP contribution in [0.15, 0.2) is 53.7 Å². The number of oxime groups is 1. The lowest BCUT2D eigenvalue weighted by molar-refractivity contribution is 0.0550. The molecule has 7 nitrogen and oxygen atoms in total. The summed E-state index contributed by atoms with van der Waals surface area (Å²) in [5, 5.41) is 4.25. The van der Waals surface area contributed by atoms with E-state index >= 15 is 0 Å². The minimum Gasteiger partial charge on any atom is -0.497 e. The SMILES string of the molecule is COc1cccc(CN(CC2CC(c3ccccc3OC)=NO2)C(=O)N(C)C)c1. The number of amides is 2. The number of benzene rings is 2. The maximum absolute atomic E-state index is 12.7. The van der Waals surface area contributed by atoms with Crippen molar-refractivity contribution in [1.82, 2.24) is 9.80 Å². The third kappa shape index (κ3) is 4.99. The number of ether oxygens (including phenoxy) is 2. The lowest BCUT2D eigenvalue weighted by atomic mass is 10.0. The van der Waals surface area contributed by atoms with Crippen molar-refractivity contribution < 1.29 is 19.1 Å². The monoisotopic (exact) mass is 397 g/mol. The van der Waals surface area contributed by atoms with Gasteiger partial charge in [-0.05, 0) is 29.8 Å². The second-order valence-corrected chi connectivity index (χ2v) is 7.08. The summed E-state index contributed by atoms with van der Waals surface area (Å²) in [6.45, 7) is 0.883. The first-order valence-electron chi connectivity index (χ1n) is 9.47. The molecule has 0 radical (unpaired) electrons. The van der Waals surface area contributed by atoms with Gasteiger partial charge in [0.15, 0.2) is 6.10 Å². The number of carbonyl (C=O) groups is 1. The van der Waals surface area contributed by atoms with Gasteiger partial charge >= 0.3 is 6.03 Å². The molecular weight excluding hydrogens is 370 g/mol. The highest BCUT2D eigenvalue weighted by Crippen LogP contribution is 2.25. The van der Waals surface area contributed by atoms with Crippen molar-refractivity contribution >= 4 is 11.7 Å². The zero-order valence-electron chi connectivity index (χ0n) is 17.3. The van der Waals surface area contributed by atoms with Crippen LogP contribution in [0.5, 0.6) is 11.5 Å². The van der Waals surface area contributed by atoms with Gasteiger partial charge in [-0.2, -0.15) is 0 Å². The van der Waals surface area contributed by atoms with Crippen LogP contribution in [0.1, 0.15) is 17.5 Å². The Bertz CT molecular complexity index is 882. The average molecular weight is 397 g/mol. The van der Waals surface area contributed by atoms with Crippen LogP contribution in [0, 0.1) is 0 Å². The molecule has 3 rings (SSSR count). The molecule has 0 aliphatic carbocycles. The second-order valence-electron chi connectivity index (χ2n) is 7.08. The molecule has 154 valence electrons. The smallest absolute Gasteiger partial charge is 0.319 e. The molecule has 2 aromatic rings. The predicted octanol–water partition coefficient (Wildman–Crippen LogP) is 3.38. The number of para-hydroxylation sites is 1. The maximum atomic E-state index is 12.7. The number of nitrogens with zero attached hydrogens (tertiary/aromatic N) is 3. The minimum atomic E-state index is -0.218. The number of rotatable bonds is 7. The van der Waals surface area contributed by atoms with E-state index in [1.807, 2.05) is 48.5 Å². The van der Waals surface area contributed by atoms with E-state index in [-0.39, 0.29) is 12.1 Å². The van der Waals surface area contributed by atoms with Gasteiger partial charge in [-0.3, -0.25) is 0 Å². The first kappa shape index (κ1) is 20.5. The number of hydrogen-bond donors (Lipinski definition) is 0. The molecule has 0 aromatic heterocycles. The van der Waals surface area contributed by atoms with E-state index in [1.165, 1.54) is 0 Å². The van der Waals surface area contributed by atoms with Gasteiger partial charge in [-0.15, -0.1) is 0 Å². The van der Waals surface area contributed by atoms with Crippen LogP contribution in [0.3, 0.4) is 0 Å². The number of methoxy groups -OCH3 is 2. The highest BCUT2D eigenvalue weighted by Gasteiger charge is 2.28. The highest BCUT2D eigenvalue weighted by molar-refractivity contribution is 6.03. The molecule has 0 spiro atoms. The molecule has 2 amide bonds. The van der Waals surface area contributed by atoms with Crippen molar-refractivity contribution in [3.8, 4) is 11.5 Å². The summed E-state index contributed by atoms with van der Waals surface area (Å²) in [7, 11) is 6.75. The number of carbonyl (C=O) groups excluding carboxylic acids is 1. The molecule has 1 aliphatic heterocycles. The molecule has 1 atom stereocenters. The summed E-state index contributed by atoms with van der Waals surface area (Å²) in [5.41, 5.74) is 2.73. The Labute approximate surface area is 171 Å². The van der Waals surface area contributed by atoms with Gasteiger partial charge in [-0.25, -0.2) is 4.79 Å². The molecule has 7 heteroatoms. The molecule has 1 unspecified atom stereocenters. The second kappa shape index (κ2) is 9.32. The lowest BCUT2D eigenvalue weighted by Gasteiger charge is -2.28. The first-order valence-corrected chi connectivity index (χ1v) is 9.47. The Balaban J connectivity index is 1.71. The molecule has 0 saturated heterocycles. The van der Waals surface area contributed by atoms with E-state index in [0.29, 0.717) is 19.5 Å². The Morgan fingerprint density at radius 3 is 2.66 bits per heavy atom. The van der Waals surface area contributed by atoms with Gasteiger partial charge in [0.2, 0.25) is 0 Å². The third-order valence-corrected chi connectivity index (χ3v) is 4.74. The average Bonchev–Trinajstić information content (AvgIpc) is 3.21. The van der Waals surface area contributed by atoms with E-state index < -0.39 is 0 Å². The van der Waals surface area contributed by atoms with Crippen molar-refractivity contribution in [1.29, 1.82) is 0 Å². The van der Waals surface area contributed by atoms with E-state index in [1.54, 1.807) is 38.1 Å². The van der Waals surface area contributed by atoms with E-state index in [9.17, 15) is 4.79 Å². The topological polar surface area (TPSA) is 63.6 Å². The van der Waals surface area contributed by atoms with Gasteiger partial charge in [0.05, 0.1) is 26.5 Å². The number of hydrogen-bond acceptors (Lipinski definition) is 5. The molecule has 2 aromatic carbocycles. The van der Waals surface area contributed by atoms with Crippen LogP contribution in [0.25, 0.3) is 0 Å². The van der Waals surface area contributed by atoms with Gasteiger partial charge in [0.25, 0.3) is 0 Å². The number of urea groups is 1. The molecule has 1 aliphatic rings. The van der Waals surface area contributed by atoms with Crippen molar-refractivity contribution in [2.75, 3.05) is 34.9 Å². The zero-order chi connectivity index (χ0) is 20.8. The van der Waals surface area contributed by atoms with Gasteiger partial charge in [0, 0.05) is 32.6 Å². The van der Waals surface area contributed by atoms with Crippen LogP contribution < -0.4 is 9.47 Å². The summed E-state index contributed by atoms with van der Waals surface area (Å²) < 4.78 is 10.7. The Kier molecular flexibility index (Phi) is 6.59. The molecule has 29 heavy (non-hydrogen) atoms. The standard InChI is InChI=1S/C22H27N3O4/c1-24(2)22(26)25(14-16-8-7-9-17(12-16)27-3)15-18-13-20(23-29-18)19-10-5-6-11-21(19)28-4/h5-12,18H,13-15H2,1-4H3. The van der Waals surface area contributed by atoms with Crippen molar-refractivity contribution in [2.45, 2.75) is 19.1 Å². The maximum Gasteiger partial charge on any atom is 0.319 e. The normalized spacial score (nSPS) is 15.3. The van der Waals surface area contributed by atoms with Crippen LogP contribution in [-0.4, -0.2) is 62.5 Å². The van der Waals surface area contributed by atoms with Crippen molar-refractivity contribution in [3.63, 3.8) is 0 Å². The third-order valence-electron chi connectivity index (χ3n) is 4.74. The molecule has 0 N–H and O–H groups in total. The van der Waals surface area contributed by atoms with E-state index in [4.69, 9.17) is 14.3 Å². The zero-order valence-corrected chi connectivity index (χ0v) is 17.3. The van der Waals surface area contributed by atoms with E-state index in [2.05, 4.69) is 5.16 Å². The predicted molar refractivity (Wildman–Crippen MR) is 112 cm³/mol. The fourth-order valence-corrected chi connectivity index (χ4v) is 3.30. The lowest BCUT2D eigenvalue weighted by Crippen LogP contribution is -2.42. The van der Waals surface area contributed by atoms with Gasteiger partial charge in [-0.1, -0.05) is 29.4 Å². The van der Waals surface area contributed by atoms with Crippen molar-refractivity contribution in [3.05, 3.63) is 59.7 Å². The minimum absolute atomic E-state index is 0.0813. The van der Waals surface area contributed by atoms with Crippen molar-refractivity contribution in [2.24, 2.45) is 5.16 Å². The molecule has 0 fully saturated rings. The molecule has 0 saturated carbocycles. The molecule has 1 heterocycles. The van der Waals surface area contributed by atoms with Crippen LogP contribution in [-0.2, 0) is 11.4 Å². The van der Waals surface area contributed by atoms with Gasteiger partial charge < -0.3 is 24.1 Å². The largest absolute Gasteiger partial charge is 0.497 e. The van der Waals surface area contributed by atoms with Crippen LogP contribution >= 0.6 is 0 Å². The fourth-order valence-electron chi connectivity index (χ4n) is 3.30. The highest BCUT2D eigenvalue weighted by atomic mass is 16.6. The van der Waals surface area contributed by atoms with Crippen LogP contribution in [0.2, 0.25) is 0 Å².